The van der Waals surface area contributed by atoms with E-state index < -0.39 is 0 Å². The monoisotopic (exact) mass is 215 g/mol. The zero-order valence-corrected chi connectivity index (χ0v) is 8.80. The SMILES string of the molecule is NNc1cccc(-n2ccc(C3CC3)n2)n1. The molecule has 2 aromatic heterocycles. The van der Waals surface area contributed by atoms with Gasteiger partial charge in [0, 0.05) is 12.1 Å². The van der Waals surface area contributed by atoms with Crippen molar-refractivity contribution < 1.29 is 0 Å². The van der Waals surface area contributed by atoms with Crippen molar-refractivity contribution in [1.29, 1.82) is 0 Å². The van der Waals surface area contributed by atoms with Crippen LogP contribution in [0.5, 0.6) is 0 Å². The first-order valence-electron chi connectivity index (χ1n) is 5.36. The second-order valence-electron chi connectivity index (χ2n) is 3.98. The molecule has 1 aliphatic rings. The van der Waals surface area contributed by atoms with Crippen LogP contribution in [-0.4, -0.2) is 14.8 Å². The van der Waals surface area contributed by atoms with Crippen LogP contribution in [-0.2, 0) is 0 Å². The first-order valence-corrected chi connectivity index (χ1v) is 5.36. The largest absolute Gasteiger partial charge is 0.308 e. The molecule has 0 aromatic carbocycles. The van der Waals surface area contributed by atoms with E-state index in [1.54, 1.807) is 4.68 Å². The quantitative estimate of drug-likeness (QED) is 0.600. The molecule has 1 fully saturated rings. The molecule has 0 aliphatic heterocycles. The van der Waals surface area contributed by atoms with E-state index in [0.717, 1.165) is 11.5 Å². The summed E-state index contributed by atoms with van der Waals surface area (Å²) in [6, 6.07) is 7.68. The molecule has 0 amide bonds. The van der Waals surface area contributed by atoms with Gasteiger partial charge in [-0.1, -0.05) is 6.07 Å². The van der Waals surface area contributed by atoms with Crippen molar-refractivity contribution in [2.24, 2.45) is 5.84 Å². The second kappa shape index (κ2) is 3.61. The Hall–Kier alpha value is -1.88. The summed E-state index contributed by atoms with van der Waals surface area (Å²) in [7, 11) is 0. The van der Waals surface area contributed by atoms with Crippen LogP contribution >= 0.6 is 0 Å². The average molecular weight is 215 g/mol. The Morgan fingerprint density at radius 2 is 2.19 bits per heavy atom. The van der Waals surface area contributed by atoms with Gasteiger partial charge in [-0.05, 0) is 31.0 Å². The molecule has 16 heavy (non-hydrogen) atoms. The Balaban J connectivity index is 1.93. The fourth-order valence-electron chi connectivity index (χ4n) is 1.69. The molecule has 82 valence electrons. The smallest absolute Gasteiger partial charge is 0.155 e. The van der Waals surface area contributed by atoms with Gasteiger partial charge in [-0.3, -0.25) is 0 Å². The molecule has 5 heteroatoms. The molecule has 0 radical (unpaired) electrons. The van der Waals surface area contributed by atoms with Crippen LogP contribution in [0.2, 0.25) is 0 Å². The minimum absolute atomic E-state index is 0.640. The summed E-state index contributed by atoms with van der Waals surface area (Å²) >= 11 is 0. The molecule has 3 N–H and O–H groups in total. The maximum Gasteiger partial charge on any atom is 0.155 e. The molecule has 0 spiro atoms. The lowest BCUT2D eigenvalue weighted by Gasteiger charge is -2.03. The normalized spacial score (nSPS) is 15.1. The lowest BCUT2D eigenvalue weighted by Crippen LogP contribution is -2.10. The summed E-state index contributed by atoms with van der Waals surface area (Å²) in [5, 5.41) is 4.50. The van der Waals surface area contributed by atoms with Gasteiger partial charge in [0.05, 0.1) is 5.69 Å². The van der Waals surface area contributed by atoms with Gasteiger partial charge >= 0.3 is 0 Å². The Bertz CT molecular complexity index is 501. The number of nitrogens with zero attached hydrogens (tertiary/aromatic N) is 3. The predicted octanol–water partition coefficient (Wildman–Crippen LogP) is 1.43. The van der Waals surface area contributed by atoms with Gasteiger partial charge in [0.1, 0.15) is 5.82 Å². The zero-order valence-electron chi connectivity index (χ0n) is 8.80. The standard InChI is InChI=1S/C11H13N5/c12-14-10-2-1-3-11(13-10)16-7-6-9(15-16)8-4-5-8/h1-3,6-8H,4-5,12H2,(H,13,14). The van der Waals surface area contributed by atoms with E-state index in [1.807, 2.05) is 24.4 Å². The number of nitrogens with one attached hydrogen (secondary N) is 1. The lowest BCUT2D eigenvalue weighted by atomic mass is 10.3. The van der Waals surface area contributed by atoms with Gasteiger partial charge in [-0.15, -0.1) is 0 Å². The van der Waals surface area contributed by atoms with Gasteiger partial charge in [-0.25, -0.2) is 15.5 Å². The molecule has 0 bridgehead atoms. The molecular formula is C11H13N5. The summed E-state index contributed by atoms with van der Waals surface area (Å²) in [6.45, 7) is 0. The second-order valence-corrected chi connectivity index (χ2v) is 3.98. The van der Waals surface area contributed by atoms with Crippen LogP contribution < -0.4 is 11.3 Å². The van der Waals surface area contributed by atoms with Crippen LogP contribution in [0.4, 0.5) is 5.82 Å². The van der Waals surface area contributed by atoms with E-state index in [9.17, 15) is 0 Å². The molecule has 2 aromatic rings. The van der Waals surface area contributed by atoms with Crippen LogP contribution in [0.1, 0.15) is 24.5 Å². The summed E-state index contributed by atoms with van der Waals surface area (Å²) in [5.41, 5.74) is 3.69. The van der Waals surface area contributed by atoms with Gasteiger partial charge in [0.15, 0.2) is 5.82 Å². The molecule has 1 saturated carbocycles. The van der Waals surface area contributed by atoms with E-state index in [1.165, 1.54) is 12.8 Å². The van der Waals surface area contributed by atoms with Gasteiger partial charge in [-0.2, -0.15) is 5.10 Å². The average Bonchev–Trinajstić information content (AvgIpc) is 3.07. The Morgan fingerprint density at radius 1 is 1.31 bits per heavy atom. The van der Waals surface area contributed by atoms with E-state index in [2.05, 4.69) is 21.6 Å². The van der Waals surface area contributed by atoms with Crippen molar-refractivity contribution in [3.8, 4) is 5.82 Å². The van der Waals surface area contributed by atoms with E-state index in [-0.39, 0.29) is 0 Å². The minimum Gasteiger partial charge on any atom is -0.308 e. The number of anilines is 1. The highest BCUT2D eigenvalue weighted by Gasteiger charge is 2.25. The Kier molecular flexibility index (Phi) is 2.11. The van der Waals surface area contributed by atoms with E-state index >= 15 is 0 Å². The van der Waals surface area contributed by atoms with Crippen molar-refractivity contribution in [1.82, 2.24) is 14.8 Å². The summed E-state index contributed by atoms with van der Waals surface area (Å²) in [4.78, 5) is 4.32. The molecule has 5 nitrogen and oxygen atoms in total. The number of nitrogen functional groups attached to an aromatic ring is 1. The number of hydrogen-bond donors (Lipinski definition) is 2. The third-order valence-electron chi connectivity index (χ3n) is 2.72. The van der Waals surface area contributed by atoms with E-state index in [4.69, 9.17) is 5.84 Å². The number of pyridine rings is 1. The maximum atomic E-state index is 5.32. The number of hydrogen-bond acceptors (Lipinski definition) is 4. The van der Waals surface area contributed by atoms with Crippen LogP contribution in [0, 0.1) is 0 Å². The van der Waals surface area contributed by atoms with Crippen LogP contribution in [0.3, 0.4) is 0 Å². The summed E-state index contributed by atoms with van der Waals surface area (Å²) in [5.74, 6) is 7.40. The Morgan fingerprint density at radius 3 is 2.94 bits per heavy atom. The summed E-state index contributed by atoms with van der Waals surface area (Å²) in [6.07, 6.45) is 4.46. The van der Waals surface area contributed by atoms with Crippen molar-refractivity contribution in [2.75, 3.05) is 5.43 Å². The molecular weight excluding hydrogens is 202 g/mol. The zero-order chi connectivity index (χ0) is 11.0. The molecule has 2 heterocycles. The fourth-order valence-corrected chi connectivity index (χ4v) is 1.69. The van der Waals surface area contributed by atoms with Crippen LogP contribution in [0.25, 0.3) is 5.82 Å². The van der Waals surface area contributed by atoms with Gasteiger partial charge < -0.3 is 5.43 Å². The maximum absolute atomic E-state index is 5.32. The number of aromatic nitrogens is 3. The lowest BCUT2D eigenvalue weighted by molar-refractivity contribution is 0.813. The highest BCUT2D eigenvalue weighted by atomic mass is 15.3. The van der Waals surface area contributed by atoms with Crippen molar-refractivity contribution in [3.63, 3.8) is 0 Å². The number of hydrazine groups is 1. The van der Waals surface area contributed by atoms with Crippen molar-refractivity contribution >= 4 is 5.82 Å². The van der Waals surface area contributed by atoms with Gasteiger partial charge in [0.2, 0.25) is 0 Å². The highest BCUT2D eigenvalue weighted by Crippen LogP contribution is 2.38. The predicted molar refractivity (Wildman–Crippen MR) is 61.1 cm³/mol. The molecule has 0 unspecified atom stereocenters. The first-order chi connectivity index (χ1) is 7.86. The third kappa shape index (κ3) is 1.65. The Labute approximate surface area is 93.3 Å². The third-order valence-corrected chi connectivity index (χ3v) is 2.72. The van der Waals surface area contributed by atoms with Crippen LogP contribution in [0.15, 0.2) is 30.5 Å². The van der Waals surface area contributed by atoms with Crippen molar-refractivity contribution in [3.05, 3.63) is 36.2 Å². The molecule has 0 atom stereocenters. The van der Waals surface area contributed by atoms with E-state index in [0.29, 0.717) is 11.7 Å². The summed E-state index contributed by atoms with van der Waals surface area (Å²) < 4.78 is 1.79. The molecule has 3 rings (SSSR count). The highest BCUT2D eigenvalue weighted by molar-refractivity contribution is 5.38. The van der Waals surface area contributed by atoms with Crippen molar-refractivity contribution in [2.45, 2.75) is 18.8 Å². The number of nitrogens with two attached hydrogens (primary N) is 1. The topological polar surface area (TPSA) is 68.8 Å². The fraction of sp³-hybridized carbons (Fsp3) is 0.273. The molecule has 1 aliphatic carbocycles. The minimum atomic E-state index is 0.640. The molecule has 0 saturated heterocycles. The van der Waals surface area contributed by atoms with Gasteiger partial charge in [0.25, 0.3) is 0 Å². The number of rotatable bonds is 3. The first kappa shape index (κ1) is 9.35.